The lowest BCUT2D eigenvalue weighted by atomic mass is 10.1. The highest BCUT2D eigenvalue weighted by molar-refractivity contribution is 8.01. The van der Waals surface area contributed by atoms with Gasteiger partial charge in [-0.25, -0.2) is 9.78 Å². The first-order valence-electron chi connectivity index (χ1n) is 8.70. The molecule has 2 N–H and O–H groups in total. The molecule has 1 aliphatic carbocycles. The van der Waals surface area contributed by atoms with E-state index >= 15 is 0 Å². The van der Waals surface area contributed by atoms with E-state index in [1.165, 1.54) is 22.3 Å². The predicted octanol–water partition coefficient (Wildman–Crippen LogP) is 3.91. The number of thiazole rings is 1. The fourth-order valence-electron chi connectivity index (χ4n) is 3.12. The number of hydrogen-bond donors (Lipinski definition) is 2. The number of aryl methyl sites for hydroxylation is 1. The van der Waals surface area contributed by atoms with Crippen molar-refractivity contribution in [3.63, 3.8) is 0 Å². The van der Waals surface area contributed by atoms with Crippen LogP contribution in [0.2, 0.25) is 0 Å². The summed E-state index contributed by atoms with van der Waals surface area (Å²) in [5, 5.41) is 14.2. The number of nitrogens with zero attached hydrogens (tertiary/aromatic N) is 1. The first-order valence-corrected chi connectivity index (χ1v) is 10.4. The van der Waals surface area contributed by atoms with Gasteiger partial charge in [-0.2, -0.15) is 0 Å². The zero-order chi connectivity index (χ0) is 18.6. The standard InChI is InChI=1S/C19H22N2O3S2/c1-13-4-6-14(7-5-13)26-19(9-2-3-10-19)18(24)20-11-8-16-21-15(12-25-16)17(22)23/h4-7,12H,2-3,8-11H2,1H3,(H,20,24)(H,22,23). The Balaban J connectivity index is 1.59. The van der Waals surface area contributed by atoms with E-state index in [0.717, 1.165) is 35.6 Å². The van der Waals surface area contributed by atoms with Crippen molar-refractivity contribution < 1.29 is 14.7 Å². The van der Waals surface area contributed by atoms with Crippen LogP contribution in [0.5, 0.6) is 0 Å². The van der Waals surface area contributed by atoms with Crippen molar-refractivity contribution in [2.45, 2.75) is 48.7 Å². The van der Waals surface area contributed by atoms with E-state index in [4.69, 9.17) is 5.11 Å². The number of carbonyl (C=O) groups is 2. The minimum atomic E-state index is -1.02. The van der Waals surface area contributed by atoms with E-state index < -0.39 is 10.7 Å². The highest BCUT2D eigenvalue weighted by Gasteiger charge is 2.42. The molecule has 0 aliphatic heterocycles. The topological polar surface area (TPSA) is 79.3 Å². The molecule has 3 rings (SSSR count). The molecule has 0 spiro atoms. The van der Waals surface area contributed by atoms with Crippen LogP contribution in [0.3, 0.4) is 0 Å². The van der Waals surface area contributed by atoms with Crippen LogP contribution in [0, 0.1) is 6.92 Å². The Bertz CT molecular complexity index is 780. The molecule has 0 saturated heterocycles. The Morgan fingerprint density at radius 1 is 1.27 bits per heavy atom. The molecule has 138 valence electrons. The molecule has 1 aliphatic rings. The van der Waals surface area contributed by atoms with Crippen LogP contribution in [0.1, 0.15) is 46.7 Å². The molecule has 1 heterocycles. The second-order valence-electron chi connectivity index (χ2n) is 6.55. The molecule has 1 aromatic heterocycles. The number of carbonyl (C=O) groups excluding carboxylic acids is 1. The van der Waals surface area contributed by atoms with Gasteiger partial charge in [0.2, 0.25) is 5.91 Å². The van der Waals surface area contributed by atoms with E-state index in [1.54, 1.807) is 11.8 Å². The van der Waals surface area contributed by atoms with E-state index in [0.29, 0.717) is 13.0 Å². The van der Waals surface area contributed by atoms with Crippen LogP contribution < -0.4 is 5.32 Å². The molecule has 2 aromatic rings. The molecule has 0 atom stereocenters. The highest BCUT2D eigenvalue weighted by atomic mass is 32.2. The van der Waals surface area contributed by atoms with Crippen LogP contribution in [-0.4, -0.2) is 33.3 Å². The van der Waals surface area contributed by atoms with Gasteiger partial charge in [-0.1, -0.05) is 30.5 Å². The SMILES string of the molecule is Cc1ccc(SC2(C(=O)NCCc3nc(C(=O)O)cs3)CCCC2)cc1. The second kappa shape index (κ2) is 8.22. The summed E-state index contributed by atoms with van der Waals surface area (Å²) >= 11 is 2.98. The van der Waals surface area contributed by atoms with Gasteiger partial charge in [0.1, 0.15) is 0 Å². The quantitative estimate of drug-likeness (QED) is 0.749. The zero-order valence-electron chi connectivity index (χ0n) is 14.7. The Hall–Kier alpha value is -1.86. The van der Waals surface area contributed by atoms with Gasteiger partial charge in [0.25, 0.3) is 0 Å². The van der Waals surface area contributed by atoms with Crippen LogP contribution in [-0.2, 0) is 11.2 Å². The molecule has 0 bridgehead atoms. The molecule has 0 unspecified atom stereocenters. The highest BCUT2D eigenvalue weighted by Crippen LogP contribution is 2.45. The van der Waals surface area contributed by atoms with Crippen molar-refractivity contribution >= 4 is 35.0 Å². The summed E-state index contributed by atoms with van der Waals surface area (Å²) in [5.74, 6) is -0.938. The van der Waals surface area contributed by atoms with Crippen molar-refractivity contribution in [2.24, 2.45) is 0 Å². The average molecular weight is 391 g/mol. The maximum Gasteiger partial charge on any atom is 0.355 e. The molecule has 1 aromatic carbocycles. The van der Waals surface area contributed by atoms with E-state index in [2.05, 4.69) is 41.5 Å². The van der Waals surface area contributed by atoms with Gasteiger partial charge in [0.15, 0.2) is 5.69 Å². The van der Waals surface area contributed by atoms with Crippen LogP contribution in [0.25, 0.3) is 0 Å². The number of nitrogens with one attached hydrogen (secondary N) is 1. The number of rotatable bonds is 7. The number of benzene rings is 1. The molecular weight excluding hydrogens is 368 g/mol. The maximum absolute atomic E-state index is 12.9. The van der Waals surface area contributed by atoms with Gasteiger partial charge in [0.05, 0.1) is 9.75 Å². The lowest BCUT2D eigenvalue weighted by Gasteiger charge is -2.27. The van der Waals surface area contributed by atoms with Crippen molar-refractivity contribution in [2.75, 3.05) is 6.54 Å². The fraction of sp³-hybridized carbons (Fsp3) is 0.421. The third-order valence-corrected chi connectivity index (χ3v) is 6.96. The average Bonchev–Trinajstić information content (AvgIpc) is 3.27. The van der Waals surface area contributed by atoms with Crippen molar-refractivity contribution in [3.8, 4) is 0 Å². The van der Waals surface area contributed by atoms with Crippen molar-refractivity contribution in [3.05, 3.63) is 45.9 Å². The van der Waals surface area contributed by atoms with Gasteiger partial charge < -0.3 is 10.4 Å². The monoisotopic (exact) mass is 390 g/mol. The minimum absolute atomic E-state index is 0.0681. The summed E-state index contributed by atoms with van der Waals surface area (Å²) in [5.41, 5.74) is 1.28. The first kappa shape index (κ1) is 18.9. The molecule has 1 amide bonds. The number of amides is 1. The summed E-state index contributed by atoms with van der Waals surface area (Å²) in [6.45, 7) is 2.53. The summed E-state index contributed by atoms with van der Waals surface area (Å²) in [6, 6.07) is 8.31. The Morgan fingerprint density at radius 3 is 2.58 bits per heavy atom. The Kier molecular flexibility index (Phi) is 5.98. The van der Waals surface area contributed by atoms with Crippen molar-refractivity contribution in [1.29, 1.82) is 0 Å². The molecule has 1 saturated carbocycles. The van der Waals surface area contributed by atoms with E-state index in [-0.39, 0.29) is 11.6 Å². The van der Waals surface area contributed by atoms with Crippen LogP contribution in [0.15, 0.2) is 34.5 Å². The number of carboxylic acid groups (broad SMARTS) is 1. The molecular formula is C19H22N2O3S2. The van der Waals surface area contributed by atoms with Crippen LogP contribution in [0.4, 0.5) is 0 Å². The predicted molar refractivity (Wildman–Crippen MR) is 104 cm³/mol. The van der Waals surface area contributed by atoms with Crippen LogP contribution >= 0.6 is 23.1 Å². The Morgan fingerprint density at radius 2 is 1.96 bits per heavy atom. The summed E-state index contributed by atoms with van der Waals surface area (Å²) in [4.78, 5) is 29.0. The van der Waals surface area contributed by atoms with Gasteiger partial charge in [-0.05, 0) is 31.9 Å². The molecule has 1 fully saturated rings. The number of carboxylic acids is 1. The fourth-order valence-corrected chi connectivity index (χ4v) is 5.27. The molecule has 0 radical (unpaired) electrons. The normalized spacial score (nSPS) is 15.7. The van der Waals surface area contributed by atoms with E-state index in [9.17, 15) is 9.59 Å². The van der Waals surface area contributed by atoms with E-state index in [1.807, 2.05) is 0 Å². The Labute approximate surface area is 161 Å². The molecule has 5 nitrogen and oxygen atoms in total. The molecule has 26 heavy (non-hydrogen) atoms. The smallest absolute Gasteiger partial charge is 0.355 e. The largest absolute Gasteiger partial charge is 0.476 e. The number of hydrogen-bond acceptors (Lipinski definition) is 5. The first-order chi connectivity index (χ1) is 12.5. The minimum Gasteiger partial charge on any atom is -0.476 e. The second-order valence-corrected chi connectivity index (χ2v) is 8.95. The summed E-state index contributed by atoms with van der Waals surface area (Å²) in [7, 11) is 0. The van der Waals surface area contributed by atoms with Gasteiger partial charge in [-0.15, -0.1) is 23.1 Å². The van der Waals surface area contributed by atoms with Gasteiger partial charge >= 0.3 is 5.97 Å². The molecule has 7 heteroatoms. The van der Waals surface area contributed by atoms with Gasteiger partial charge in [0, 0.05) is 23.2 Å². The number of thioether (sulfide) groups is 1. The van der Waals surface area contributed by atoms with Gasteiger partial charge in [-0.3, -0.25) is 4.79 Å². The number of aromatic nitrogens is 1. The summed E-state index contributed by atoms with van der Waals surface area (Å²) in [6.07, 6.45) is 4.46. The van der Waals surface area contributed by atoms with Crippen molar-refractivity contribution in [1.82, 2.24) is 10.3 Å². The lowest BCUT2D eigenvalue weighted by Crippen LogP contribution is -2.43. The lowest BCUT2D eigenvalue weighted by molar-refractivity contribution is -0.123. The number of aromatic carboxylic acids is 1. The third kappa shape index (κ3) is 4.45. The maximum atomic E-state index is 12.9. The zero-order valence-corrected chi connectivity index (χ0v) is 16.3. The summed E-state index contributed by atoms with van der Waals surface area (Å²) < 4.78 is -0.398. The third-order valence-electron chi connectivity index (χ3n) is 4.55.